The number of ether oxygens (including phenoxy) is 2. The molecular formula is C25H23N5O2. The number of allylic oxidation sites excluding steroid dienone is 1. The quantitative estimate of drug-likeness (QED) is 0.639. The Kier molecular flexibility index (Phi) is 4.88. The van der Waals surface area contributed by atoms with E-state index in [1.54, 1.807) is 0 Å². The number of anilines is 1. The predicted molar refractivity (Wildman–Crippen MR) is 122 cm³/mol. The van der Waals surface area contributed by atoms with Crippen LogP contribution in [-0.4, -0.2) is 53.7 Å². The predicted octanol–water partition coefficient (Wildman–Crippen LogP) is 3.21. The lowest BCUT2D eigenvalue weighted by molar-refractivity contribution is 0.122. The van der Waals surface area contributed by atoms with Crippen LogP contribution in [0.2, 0.25) is 0 Å². The minimum absolute atomic E-state index is 0.0800. The zero-order chi connectivity index (χ0) is 21.3. The molecule has 0 spiro atoms. The van der Waals surface area contributed by atoms with E-state index in [9.17, 15) is 0 Å². The molecular weight excluding hydrogens is 402 g/mol. The van der Waals surface area contributed by atoms with Gasteiger partial charge in [-0.25, -0.2) is 15.0 Å². The molecule has 6 rings (SSSR count). The maximum absolute atomic E-state index is 6.02. The molecule has 1 aromatic carbocycles. The Labute approximate surface area is 186 Å². The van der Waals surface area contributed by atoms with Gasteiger partial charge in [-0.1, -0.05) is 36.4 Å². The molecule has 0 saturated carbocycles. The standard InChI is InChI=1S/C25H23N5O2/c1-2-4-17(5-3-1)23-16-29-25(32-23)24-27-13-18(14-28-24)20-6-7-22-21(20)12-19(15-26-22)30-8-10-31-11-9-30/h1-6,12-15,23H,7-11,16H2/t23-/m0/s1. The normalized spacial score (nSPS) is 19.9. The maximum atomic E-state index is 6.02. The molecule has 32 heavy (non-hydrogen) atoms. The third-order valence-corrected chi connectivity index (χ3v) is 6.10. The summed E-state index contributed by atoms with van der Waals surface area (Å²) in [6.45, 7) is 3.88. The molecule has 0 N–H and O–H groups in total. The SMILES string of the molecule is C1=C(c2cnc(C3=NC[C@@H](c4ccccc4)O3)nc2)c2cc(N3CCOCC3)cnc2C1. The second-order valence-electron chi connectivity index (χ2n) is 8.07. The van der Waals surface area contributed by atoms with Gasteiger partial charge < -0.3 is 14.4 Å². The van der Waals surface area contributed by atoms with Crippen LogP contribution in [0.15, 0.2) is 66.1 Å². The van der Waals surface area contributed by atoms with Crippen molar-refractivity contribution in [2.75, 3.05) is 37.7 Å². The van der Waals surface area contributed by atoms with E-state index in [-0.39, 0.29) is 6.10 Å². The molecule has 0 unspecified atom stereocenters. The lowest BCUT2D eigenvalue weighted by atomic mass is 10.0. The van der Waals surface area contributed by atoms with Gasteiger partial charge in [0.2, 0.25) is 5.82 Å². The molecule has 0 bridgehead atoms. The highest BCUT2D eigenvalue weighted by Crippen LogP contribution is 2.34. The Morgan fingerprint density at radius 1 is 0.938 bits per heavy atom. The Morgan fingerprint density at radius 3 is 2.56 bits per heavy atom. The molecule has 1 saturated heterocycles. The zero-order valence-electron chi connectivity index (χ0n) is 17.6. The molecule has 3 aromatic rings. The van der Waals surface area contributed by atoms with Gasteiger partial charge in [0.1, 0.15) is 6.10 Å². The van der Waals surface area contributed by atoms with Crippen LogP contribution < -0.4 is 4.90 Å². The van der Waals surface area contributed by atoms with Crippen LogP contribution in [0.3, 0.4) is 0 Å². The van der Waals surface area contributed by atoms with Gasteiger partial charge in [0.15, 0.2) is 0 Å². The number of hydrogen-bond acceptors (Lipinski definition) is 7. The monoisotopic (exact) mass is 425 g/mol. The summed E-state index contributed by atoms with van der Waals surface area (Å²) in [6.07, 6.45) is 8.62. The molecule has 160 valence electrons. The molecule has 7 heteroatoms. The van der Waals surface area contributed by atoms with E-state index < -0.39 is 0 Å². The fourth-order valence-corrected chi connectivity index (χ4v) is 4.37. The largest absolute Gasteiger partial charge is 0.465 e. The number of morpholine rings is 1. The summed E-state index contributed by atoms with van der Waals surface area (Å²) in [7, 11) is 0. The molecule has 4 heterocycles. The molecule has 2 aliphatic heterocycles. The number of pyridine rings is 1. The number of benzene rings is 1. The molecule has 7 nitrogen and oxygen atoms in total. The first kappa shape index (κ1) is 19.1. The molecule has 3 aliphatic rings. The minimum Gasteiger partial charge on any atom is -0.465 e. The molecule has 1 atom stereocenters. The Morgan fingerprint density at radius 2 is 1.75 bits per heavy atom. The molecule has 0 amide bonds. The summed E-state index contributed by atoms with van der Waals surface area (Å²) < 4.78 is 11.5. The van der Waals surface area contributed by atoms with E-state index in [2.05, 4.69) is 44.1 Å². The first-order valence-corrected chi connectivity index (χ1v) is 11.0. The van der Waals surface area contributed by atoms with E-state index in [0.29, 0.717) is 18.3 Å². The fourth-order valence-electron chi connectivity index (χ4n) is 4.37. The van der Waals surface area contributed by atoms with Crippen molar-refractivity contribution in [2.24, 2.45) is 4.99 Å². The molecule has 1 fully saturated rings. The zero-order valence-corrected chi connectivity index (χ0v) is 17.6. The Bertz CT molecular complexity index is 1180. The number of aliphatic imine (C=N–C) groups is 1. The third-order valence-electron chi connectivity index (χ3n) is 6.10. The van der Waals surface area contributed by atoms with Crippen molar-refractivity contribution in [2.45, 2.75) is 12.5 Å². The van der Waals surface area contributed by atoms with Crippen LogP contribution in [-0.2, 0) is 15.9 Å². The number of fused-ring (bicyclic) bond motifs is 1. The number of nitrogens with zero attached hydrogens (tertiary/aromatic N) is 5. The number of aromatic nitrogens is 3. The summed E-state index contributed by atoms with van der Waals surface area (Å²) in [5, 5.41) is 0. The molecule has 1 aliphatic carbocycles. The smallest absolute Gasteiger partial charge is 0.255 e. The van der Waals surface area contributed by atoms with E-state index in [1.807, 2.05) is 36.8 Å². The number of hydrogen-bond donors (Lipinski definition) is 0. The van der Waals surface area contributed by atoms with Crippen LogP contribution in [0.5, 0.6) is 0 Å². The second-order valence-corrected chi connectivity index (χ2v) is 8.07. The van der Waals surface area contributed by atoms with Gasteiger partial charge >= 0.3 is 0 Å². The fraction of sp³-hybridized carbons (Fsp3) is 0.280. The van der Waals surface area contributed by atoms with Crippen molar-refractivity contribution in [1.82, 2.24) is 15.0 Å². The lowest BCUT2D eigenvalue weighted by Gasteiger charge is -2.29. The van der Waals surface area contributed by atoms with E-state index in [4.69, 9.17) is 14.5 Å². The third kappa shape index (κ3) is 3.54. The van der Waals surface area contributed by atoms with E-state index in [1.165, 1.54) is 0 Å². The van der Waals surface area contributed by atoms with Crippen molar-refractivity contribution in [3.63, 3.8) is 0 Å². The van der Waals surface area contributed by atoms with Gasteiger partial charge in [0.25, 0.3) is 5.90 Å². The Hall–Kier alpha value is -3.58. The van der Waals surface area contributed by atoms with Gasteiger partial charge in [0, 0.05) is 43.0 Å². The average Bonchev–Trinajstić information content (AvgIpc) is 3.53. The highest BCUT2D eigenvalue weighted by Gasteiger charge is 2.25. The molecule has 2 aromatic heterocycles. The van der Waals surface area contributed by atoms with E-state index >= 15 is 0 Å². The summed E-state index contributed by atoms with van der Waals surface area (Å²) in [5.41, 5.74) is 6.61. The van der Waals surface area contributed by atoms with Gasteiger partial charge in [0.05, 0.1) is 37.3 Å². The summed E-state index contributed by atoms with van der Waals surface area (Å²) in [6, 6.07) is 12.3. The van der Waals surface area contributed by atoms with Crippen LogP contribution in [0.1, 0.15) is 34.3 Å². The van der Waals surface area contributed by atoms with Crippen molar-refractivity contribution >= 4 is 17.2 Å². The highest BCUT2D eigenvalue weighted by molar-refractivity contribution is 5.92. The topological polar surface area (TPSA) is 72.7 Å². The van der Waals surface area contributed by atoms with Crippen LogP contribution in [0.25, 0.3) is 5.57 Å². The van der Waals surface area contributed by atoms with Crippen molar-refractivity contribution in [3.05, 3.63) is 89.3 Å². The second kappa shape index (κ2) is 8.16. The van der Waals surface area contributed by atoms with Gasteiger partial charge in [-0.3, -0.25) is 4.98 Å². The van der Waals surface area contributed by atoms with Crippen molar-refractivity contribution in [3.8, 4) is 0 Å². The lowest BCUT2D eigenvalue weighted by Crippen LogP contribution is -2.36. The van der Waals surface area contributed by atoms with E-state index in [0.717, 1.165) is 66.4 Å². The summed E-state index contributed by atoms with van der Waals surface area (Å²) in [5.74, 6) is 1.02. The van der Waals surface area contributed by atoms with Crippen LogP contribution in [0.4, 0.5) is 5.69 Å². The van der Waals surface area contributed by atoms with Gasteiger partial charge in [-0.2, -0.15) is 0 Å². The first-order valence-electron chi connectivity index (χ1n) is 11.0. The van der Waals surface area contributed by atoms with Crippen molar-refractivity contribution < 1.29 is 9.47 Å². The summed E-state index contributed by atoms with van der Waals surface area (Å²) >= 11 is 0. The first-order chi connectivity index (χ1) is 15.8. The van der Waals surface area contributed by atoms with Crippen molar-refractivity contribution in [1.29, 1.82) is 0 Å². The average molecular weight is 425 g/mol. The highest BCUT2D eigenvalue weighted by atomic mass is 16.5. The Balaban J connectivity index is 1.20. The number of rotatable bonds is 4. The minimum atomic E-state index is -0.0800. The van der Waals surface area contributed by atoms with Crippen LogP contribution >= 0.6 is 0 Å². The van der Waals surface area contributed by atoms with Gasteiger partial charge in [-0.15, -0.1) is 0 Å². The summed E-state index contributed by atoms with van der Waals surface area (Å²) in [4.78, 5) is 20.7. The maximum Gasteiger partial charge on any atom is 0.255 e. The molecule has 0 radical (unpaired) electrons. The van der Waals surface area contributed by atoms with Crippen LogP contribution in [0, 0.1) is 0 Å². The van der Waals surface area contributed by atoms with Gasteiger partial charge in [-0.05, 0) is 17.2 Å².